The molecule has 13 atom stereocenters. The predicted molar refractivity (Wildman–Crippen MR) is 385 cm³/mol. The van der Waals surface area contributed by atoms with Crippen molar-refractivity contribution in [1.29, 1.82) is 0 Å². The smallest absolute Gasteiger partial charge is 0.313 e. The van der Waals surface area contributed by atoms with Gasteiger partial charge in [0.2, 0.25) is 0 Å². The lowest BCUT2D eigenvalue weighted by atomic mass is 10.2. The van der Waals surface area contributed by atoms with Gasteiger partial charge in [0, 0.05) is 51.7 Å². The Bertz CT molecular complexity index is 2630. The normalized spacial score (nSPS) is 13.6. The second-order valence-corrected chi connectivity index (χ2v) is 25.4. The first-order valence-corrected chi connectivity index (χ1v) is 35.3. The number of rotatable bonds is 46. The number of ether oxygens (including phenoxy) is 10. The Morgan fingerprint density at radius 3 is 0.618 bits per heavy atom. The van der Waals surface area contributed by atoms with Crippen molar-refractivity contribution in [3.05, 3.63) is 0 Å². The Morgan fingerprint density at radius 2 is 0.409 bits per heavy atom. The molecule has 38 heteroatoms. The molecule has 0 aliphatic rings. The van der Waals surface area contributed by atoms with Gasteiger partial charge in [-0.1, -0.05) is 0 Å². The number of hydrogen-bond donors (Lipinski definition) is 11. The van der Waals surface area contributed by atoms with Crippen molar-refractivity contribution in [3.8, 4) is 0 Å². The van der Waals surface area contributed by atoms with Crippen molar-refractivity contribution in [2.75, 3.05) is 39.6 Å². The first kappa shape index (κ1) is 117. The van der Waals surface area contributed by atoms with Gasteiger partial charge in [0.05, 0.1) is 114 Å². The highest BCUT2D eigenvalue weighted by Crippen LogP contribution is 2.08. The monoisotopic (exact) mass is 1600 g/mol. The van der Waals surface area contributed by atoms with E-state index in [9.17, 15) is 81.5 Å². The maximum absolute atomic E-state index is 11.2. The Morgan fingerprint density at radius 1 is 0.227 bits per heavy atom. The molecule has 0 aromatic heterocycles. The summed E-state index contributed by atoms with van der Waals surface area (Å²) in [4.78, 5) is 182. The van der Waals surface area contributed by atoms with E-state index in [1.807, 2.05) is 0 Å². The molecule has 0 amide bonds. The summed E-state index contributed by atoms with van der Waals surface area (Å²) in [7, 11) is 0. The van der Waals surface area contributed by atoms with Gasteiger partial charge in [0.1, 0.15) is 97.6 Å². The summed E-state index contributed by atoms with van der Waals surface area (Å²) < 4.78 is 47.8. The van der Waals surface area contributed by atoms with Crippen LogP contribution in [-0.2, 0) is 129 Å². The second kappa shape index (κ2) is 74.7. The molecule has 0 aliphatic carbocycles. The van der Waals surface area contributed by atoms with Gasteiger partial charge in [0.15, 0.2) is 0 Å². The molecule has 13 unspecified atom stereocenters. The number of carbonyl (C=O) groups excluding carboxylic acids is 15. The molecule has 0 aliphatic heterocycles. The predicted octanol–water partition coefficient (Wildman–Crippen LogP) is 2.44. The van der Waals surface area contributed by atoms with Crippen LogP contribution in [0.3, 0.4) is 0 Å². The number of aliphatic carboxylic acids is 2. The van der Waals surface area contributed by atoms with Gasteiger partial charge in [0.25, 0.3) is 0 Å². The van der Waals surface area contributed by atoms with Crippen molar-refractivity contribution >= 4 is 101 Å². The van der Waals surface area contributed by atoms with E-state index in [2.05, 4.69) is 9.47 Å². The zero-order chi connectivity index (χ0) is 87.4. The maximum Gasteiger partial charge on any atom is 0.313 e. The minimum atomic E-state index is -1.04. The van der Waals surface area contributed by atoms with Crippen LogP contribution in [0.1, 0.15) is 240 Å². The number of carbonyl (C=O) groups is 17. The van der Waals surface area contributed by atoms with Crippen LogP contribution in [0, 0.1) is 0 Å². The molecule has 642 valence electrons. The van der Waals surface area contributed by atoms with Gasteiger partial charge in [-0.05, 0) is 125 Å². The summed E-state index contributed by atoms with van der Waals surface area (Å²) in [6, 6.07) is 0. The Labute approximate surface area is 642 Å². The number of esters is 10. The fraction of sp³-hybridized carbons (Fsp3) is 0.764. The van der Waals surface area contributed by atoms with E-state index in [0.717, 1.165) is 0 Å². The number of carboxylic acid groups (broad SMARTS) is 2. The number of aliphatic hydroxyl groups is 9. The Hall–Kier alpha value is -8.37. The molecule has 0 saturated carbocycles. The molecule has 0 saturated heterocycles. The lowest BCUT2D eigenvalue weighted by Gasteiger charge is -2.14. The topological polar surface area (TPSA) is 605 Å². The summed E-state index contributed by atoms with van der Waals surface area (Å²) in [5.41, 5.74) is 0. The van der Waals surface area contributed by atoms with Crippen LogP contribution < -0.4 is 0 Å². The summed E-state index contributed by atoms with van der Waals surface area (Å²) in [5.74, 6) is -8.61. The Kier molecular flexibility index (Phi) is 79.7. The molecular formula is C72H126O38. The fourth-order valence-electron chi connectivity index (χ4n) is 6.60. The SMILES string of the molecule is CC(=O)CC(=O)OC(C)CC(=O)O.CC(=O)CC(=O)OC(C)CCO.CC(=O)CC(=O)OCCC(C)O.CC(=O)CC(=O)OCCC(C)OC(=O)CC(C)=O.CC(O)CC(=O)OC(C)CC(=O)O.CC(O)CC(=O)OC(C)CCO.CC(O)CC(=O)OCCC(C)OC(=O)CC(C)O.CC(O)CCOC(=O)CC(C)O. The van der Waals surface area contributed by atoms with E-state index < -0.39 is 133 Å². The average molecular weight is 1600 g/mol. The fourth-order valence-corrected chi connectivity index (χ4v) is 6.60. The number of hydrogen-bond acceptors (Lipinski definition) is 36. The number of Topliss-reactive ketones (excluding diaryl/α,β-unsaturated/α-hetero) is 5. The van der Waals surface area contributed by atoms with Crippen LogP contribution in [0.4, 0.5) is 0 Å². The molecule has 0 heterocycles. The molecule has 38 nitrogen and oxygen atoms in total. The quantitative estimate of drug-likeness (QED) is 0.0237. The minimum Gasteiger partial charge on any atom is -0.481 e. The zero-order valence-electron chi connectivity index (χ0n) is 66.9. The van der Waals surface area contributed by atoms with E-state index in [1.165, 1.54) is 83.1 Å². The summed E-state index contributed by atoms with van der Waals surface area (Å²) in [6.45, 7) is 27.5. The zero-order valence-corrected chi connectivity index (χ0v) is 66.9. The van der Waals surface area contributed by atoms with Crippen molar-refractivity contribution in [2.24, 2.45) is 0 Å². The third-order valence-corrected chi connectivity index (χ3v) is 11.4. The summed E-state index contributed by atoms with van der Waals surface area (Å²) in [5, 5.41) is 95.5. The molecule has 11 N–H and O–H groups in total. The van der Waals surface area contributed by atoms with E-state index in [1.54, 1.807) is 41.5 Å². The number of aliphatic hydroxyl groups excluding tert-OH is 9. The third kappa shape index (κ3) is 111. The average Bonchev–Trinajstić information content (AvgIpc) is 0.975. The van der Waals surface area contributed by atoms with Crippen LogP contribution in [0.5, 0.6) is 0 Å². The molecular weight excluding hydrogens is 1470 g/mol. The largest absolute Gasteiger partial charge is 0.481 e. The van der Waals surface area contributed by atoms with Gasteiger partial charge in [-0.15, -0.1) is 0 Å². The highest BCUT2D eigenvalue weighted by molar-refractivity contribution is 5.96. The molecule has 0 rings (SSSR count). The maximum atomic E-state index is 11.2. The van der Waals surface area contributed by atoms with Crippen LogP contribution in [0.2, 0.25) is 0 Å². The highest BCUT2D eigenvalue weighted by atomic mass is 16.6. The molecule has 0 fully saturated rings. The van der Waals surface area contributed by atoms with Gasteiger partial charge >= 0.3 is 71.6 Å². The van der Waals surface area contributed by atoms with Crippen LogP contribution in [0.15, 0.2) is 0 Å². The second-order valence-electron chi connectivity index (χ2n) is 25.4. The van der Waals surface area contributed by atoms with Crippen molar-refractivity contribution in [2.45, 2.75) is 320 Å². The van der Waals surface area contributed by atoms with Gasteiger partial charge in [-0.3, -0.25) is 81.5 Å². The molecule has 110 heavy (non-hydrogen) atoms. The van der Waals surface area contributed by atoms with E-state index in [4.69, 9.17) is 94.1 Å². The van der Waals surface area contributed by atoms with E-state index in [-0.39, 0.29) is 164 Å². The molecule has 0 spiro atoms. The van der Waals surface area contributed by atoms with Crippen LogP contribution >= 0.6 is 0 Å². The standard InChI is InChI=1S/C12H22O6.C12H18O6.C8H14O5.C8H12O5.C8H16O4.C8H14O4.C8H16O4.C8H14O4/c2*1-8(13)6-11(15)17-5-4-10(3)18-12(16)7-9(2)14;2*1-5(9)3-8(12)13-6(2)4-7(10)11;2*1-6(10)5-8(11)12-7(2)3-4-9;2*1-6(9)3-4-12-8(11)5-7(2)10/h8-10,13-14H,4-7H2,1-3H3;10H,4-7H2,1-3H3;5-6,9H,3-4H2,1-2H3,(H,10,11);6H,3-4H2,1-2H3,(H,10,11);6-7,9-10H,3-5H2,1-2H3;7,9H,3-5H2,1-2H3;6-7,9-10H,3-5H2,1-2H3;6,9H,3-5H2,1-2H3. The van der Waals surface area contributed by atoms with Gasteiger partial charge in [-0.2, -0.15) is 0 Å². The molecule has 0 radical (unpaired) electrons. The van der Waals surface area contributed by atoms with E-state index in [0.29, 0.717) is 38.5 Å². The van der Waals surface area contributed by atoms with Crippen LogP contribution in [0.25, 0.3) is 0 Å². The number of ketones is 5. The molecule has 0 aromatic carbocycles. The van der Waals surface area contributed by atoms with Gasteiger partial charge < -0.3 is 104 Å². The third-order valence-electron chi connectivity index (χ3n) is 11.4. The molecule has 0 bridgehead atoms. The molecule has 0 aromatic rings. The first-order valence-electron chi connectivity index (χ1n) is 35.3. The van der Waals surface area contributed by atoms with E-state index >= 15 is 0 Å². The lowest BCUT2D eigenvalue weighted by Crippen LogP contribution is -2.21. The number of carboxylic acids is 2. The first-order chi connectivity index (χ1) is 50.6. The lowest BCUT2D eigenvalue weighted by molar-refractivity contribution is -0.155. The summed E-state index contributed by atoms with van der Waals surface area (Å²) in [6.07, 6.45) is -6.65. The van der Waals surface area contributed by atoms with Gasteiger partial charge in [-0.25, -0.2) is 0 Å². The van der Waals surface area contributed by atoms with Crippen molar-refractivity contribution in [1.82, 2.24) is 0 Å². The highest BCUT2D eigenvalue weighted by Gasteiger charge is 2.19. The van der Waals surface area contributed by atoms with Crippen molar-refractivity contribution in [3.63, 3.8) is 0 Å². The Balaban J connectivity index is -0.000000181. The van der Waals surface area contributed by atoms with Crippen LogP contribution in [-0.4, -0.2) is 276 Å². The van der Waals surface area contributed by atoms with Crippen molar-refractivity contribution < 1.29 is 185 Å². The minimum absolute atomic E-state index is 0.00310. The summed E-state index contributed by atoms with van der Waals surface area (Å²) >= 11 is 0.